The molecule has 1 fully saturated rings. The molecule has 1 saturated carbocycles. The number of rotatable bonds is 7. The fourth-order valence-electron chi connectivity index (χ4n) is 3.58. The van der Waals surface area contributed by atoms with E-state index in [0.29, 0.717) is 0 Å². The lowest BCUT2D eigenvalue weighted by atomic mass is 9.71. The van der Waals surface area contributed by atoms with Crippen molar-refractivity contribution in [2.75, 3.05) is 18.4 Å². The maximum absolute atomic E-state index is 5.51. The molecule has 0 heterocycles. The summed E-state index contributed by atoms with van der Waals surface area (Å²) in [6.45, 7) is 6.70. The van der Waals surface area contributed by atoms with Crippen molar-refractivity contribution < 1.29 is 0 Å². The molecule has 0 bridgehead atoms. The van der Waals surface area contributed by atoms with Gasteiger partial charge in [0.15, 0.2) is 0 Å². The topological polar surface area (TPSA) is 38.0 Å². The molecule has 1 aromatic rings. The molecular weight excluding hydrogens is 256 g/mol. The van der Waals surface area contributed by atoms with Crippen molar-refractivity contribution in [3.05, 3.63) is 29.8 Å². The normalized spacial score (nSPS) is 25.8. The standard InChI is InChI=1S/C19H32N2/c1-15-7-6-8-19(16(15)2)17-9-11-18(12-10-17)21-14-5-3-4-13-20/h9-12,15-16,19,21H,3-8,13-14,20H2,1-2H3. The monoisotopic (exact) mass is 288 g/mol. The van der Waals surface area contributed by atoms with Crippen LogP contribution in [0, 0.1) is 11.8 Å². The lowest BCUT2D eigenvalue weighted by molar-refractivity contribution is 0.238. The number of hydrogen-bond acceptors (Lipinski definition) is 2. The molecule has 118 valence electrons. The molecule has 3 N–H and O–H groups in total. The smallest absolute Gasteiger partial charge is 0.0340 e. The summed E-state index contributed by atoms with van der Waals surface area (Å²) >= 11 is 0. The van der Waals surface area contributed by atoms with Crippen molar-refractivity contribution in [2.45, 2.75) is 58.3 Å². The zero-order valence-corrected chi connectivity index (χ0v) is 13.8. The van der Waals surface area contributed by atoms with Gasteiger partial charge in [-0.15, -0.1) is 0 Å². The fraction of sp³-hybridized carbons (Fsp3) is 0.684. The summed E-state index contributed by atoms with van der Waals surface area (Å²) in [7, 11) is 0. The molecule has 3 unspecified atom stereocenters. The van der Waals surface area contributed by atoms with Crippen molar-refractivity contribution in [1.82, 2.24) is 0 Å². The molecule has 1 aromatic carbocycles. The minimum atomic E-state index is 0.757. The highest BCUT2D eigenvalue weighted by atomic mass is 14.9. The summed E-state index contributed by atoms with van der Waals surface area (Å²) in [5, 5.41) is 3.51. The van der Waals surface area contributed by atoms with E-state index in [-0.39, 0.29) is 0 Å². The quantitative estimate of drug-likeness (QED) is 0.709. The zero-order chi connectivity index (χ0) is 15.1. The van der Waals surface area contributed by atoms with Crippen LogP contribution in [0.15, 0.2) is 24.3 Å². The van der Waals surface area contributed by atoms with Gasteiger partial charge in [-0.3, -0.25) is 0 Å². The van der Waals surface area contributed by atoms with E-state index in [4.69, 9.17) is 5.73 Å². The predicted molar refractivity (Wildman–Crippen MR) is 92.8 cm³/mol. The molecule has 0 amide bonds. The molecule has 0 aromatic heterocycles. The van der Waals surface area contributed by atoms with Crippen molar-refractivity contribution in [3.63, 3.8) is 0 Å². The van der Waals surface area contributed by atoms with E-state index in [1.54, 1.807) is 0 Å². The summed E-state index contributed by atoms with van der Waals surface area (Å²) in [5.41, 5.74) is 8.29. The van der Waals surface area contributed by atoms with E-state index in [0.717, 1.165) is 37.3 Å². The summed E-state index contributed by atoms with van der Waals surface area (Å²) in [4.78, 5) is 0. The highest BCUT2D eigenvalue weighted by molar-refractivity contribution is 5.45. The second-order valence-electron chi connectivity index (χ2n) is 6.77. The average Bonchev–Trinajstić information content (AvgIpc) is 2.51. The Labute approximate surface area is 130 Å². The lowest BCUT2D eigenvalue weighted by Crippen LogP contribution is -2.22. The molecule has 0 radical (unpaired) electrons. The average molecular weight is 288 g/mol. The van der Waals surface area contributed by atoms with E-state index in [9.17, 15) is 0 Å². The van der Waals surface area contributed by atoms with Crippen LogP contribution in [0.5, 0.6) is 0 Å². The fourth-order valence-corrected chi connectivity index (χ4v) is 3.58. The second-order valence-corrected chi connectivity index (χ2v) is 6.77. The molecular formula is C19H32N2. The van der Waals surface area contributed by atoms with E-state index < -0.39 is 0 Å². The van der Waals surface area contributed by atoms with Gasteiger partial charge in [0, 0.05) is 12.2 Å². The lowest BCUT2D eigenvalue weighted by Gasteiger charge is -2.34. The number of nitrogens with two attached hydrogens (primary N) is 1. The highest BCUT2D eigenvalue weighted by Crippen LogP contribution is 2.40. The zero-order valence-electron chi connectivity index (χ0n) is 13.8. The van der Waals surface area contributed by atoms with Crippen LogP contribution in [-0.2, 0) is 0 Å². The summed E-state index contributed by atoms with van der Waals surface area (Å²) in [6, 6.07) is 9.18. The third-order valence-corrected chi connectivity index (χ3v) is 5.26. The third kappa shape index (κ3) is 4.74. The van der Waals surface area contributed by atoms with Crippen molar-refractivity contribution in [3.8, 4) is 0 Å². The number of anilines is 1. The van der Waals surface area contributed by atoms with Gasteiger partial charge in [0.2, 0.25) is 0 Å². The Morgan fingerprint density at radius 1 is 1.05 bits per heavy atom. The first-order valence-electron chi connectivity index (χ1n) is 8.76. The van der Waals surface area contributed by atoms with Crippen LogP contribution in [0.25, 0.3) is 0 Å². The minimum Gasteiger partial charge on any atom is -0.385 e. The molecule has 0 spiro atoms. The van der Waals surface area contributed by atoms with Gasteiger partial charge in [0.05, 0.1) is 0 Å². The summed E-state index contributed by atoms with van der Waals surface area (Å²) in [6.07, 6.45) is 7.71. The predicted octanol–water partition coefficient (Wildman–Crippen LogP) is 4.77. The third-order valence-electron chi connectivity index (χ3n) is 5.26. The van der Waals surface area contributed by atoms with Crippen LogP contribution in [0.3, 0.4) is 0 Å². The van der Waals surface area contributed by atoms with Gasteiger partial charge in [0.25, 0.3) is 0 Å². The van der Waals surface area contributed by atoms with Gasteiger partial charge in [-0.25, -0.2) is 0 Å². The molecule has 2 rings (SSSR count). The number of benzene rings is 1. The highest BCUT2D eigenvalue weighted by Gasteiger charge is 2.27. The molecule has 2 nitrogen and oxygen atoms in total. The van der Waals surface area contributed by atoms with Crippen LogP contribution < -0.4 is 11.1 Å². The van der Waals surface area contributed by atoms with E-state index >= 15 is 0 Å². The Balaban J connectivity index is 1.84. The Morgan fingerprint density at radius 3 is 2.52 bits per heavy atom. The first-order chi connectivity index (χ1) is 10.2. The largest absolute Gasteiger partial charge is 0.385 e. The van der Waals surface area contributed by atoms with E-state index in [1.165, 1.54) is 43.4 Å². The Hall–Kier alpha value is -1.02. The SMILES string of the molecule is CC1CCCC(c2ccc(NCCCCCN)cc2)C1C. The Morgan fingerprint density at radius 2 is 1.81 bits per heavy atom. The number of nitrogens with one attached hydrogen (secondary N) is 1. The van der Waals surface area contributed by atoms with Crippen LogP contribution >= 0.6 is 0 Å². The van der Waals surface area contributed by atoms with Gasteiger partial charge in [-0.05, 0) is 61.3 Å². The molecule has 2 heteroatoms. The molecule has 0 saturated heterocycles. The first kappa shape index (κ1) is 16.4. The summed E-state index contributed by atoms with van der Waals surface area (Å²) in [5.74, 6) is 2.44. The van der Waals surface area contributed by atoms with Gasteiger partial charge in [-0.2, -0.15) is 0 Å². The van der Waals surface area contributed by atoms with Crippen LogP contribution in [0.4, 0.5) is 5.69 Å². The van der Waals surface area contributed by atoms with Crippen molar-refractivity contribution in [2.24, 2.45) is 17.6 Å². The van der Waals surface area contributed by atoms with Gasteiger partial charge >= 0.3 is 0 Å². The molecule has 1 aliphatic carbocycles. The van der Waals surface area contributed by atoms with Crippen LogP contribution in [-0.4, -0.2) is 13.1 Å². The Kier molecular flexibility index (Phi) is 6.56. The first-order valence-corrected chi connectivity index (χ1v) is 8.76. The minimum absolute atomic E-state index is 0.757. The maximum Gasteiger partial charge on any atom is 0.0340 e. The molecule has 3 atom stereocenters. The van der Waals surface area contributed by atoms with Crippen LogP contribution in [0.2, 0.25) is 0 Å². The Bertz CT molecular complexity index is 399. The van der Waals surface area contributed by atoms with Gasteiger partial charge in [-0.1, -0.05) is 45.2 Å². The maximum atomic E-state index is 5.51. The molecule has 1 aliphatic rings. The number of hydrogen-bond donors (Lipinski definition) is 2. The van der Waals surface area contributed by atoms with E-state index in [1.807, 2.05) is 0 Å². The van der Waals surface area contributed by atoms with Crippen molar-refractivity contribution >= 4 is 5.69 Å². The number of unbranched alkanes of at least 4 members (excludes halogenated alkanes) is 2. The van der Waals surface area contributed by atoms with E-state index in [2.05, 4.69) is 43.4 Å². The van der Waals surface area contributed by atoms with Crippen molar-refractivity contribution in [1.29, 1.82) is 0 Å². The van der Waals surface area contributed by atoms with Gasteiger partial charge < -0.3 is 11.1 Å². The molecule has 0 aliphatic heterocycles. The second kappa shape index (κ2) is 8.43. The van der Waals surface area contributed by atoms with Crippen LogP contribution in [0.1, 0.15) is 63.9 Å². The molecule has 21 heavy (non-hydrogen) atoms. The van der Waals surface area contributed by atoms with Gasteiger partial charge in [0.1, 0.15) is 0 Å². The summed E-state index contributed by atoms with van der Waals surface area (Å²) < 4.78 is 0.